The van der Waals surface area contributed by atoms with E-state index in [2.05, 4.69) is 25.3 Å². The number of nitrogens with one attached hydrogen (secondary N) is 1. The summed E-state index contributed by atoms with van der Waals surface area (Å²) in [6, 6.07) is 6.39. The van der Waals surface area contributed by atoms with Crippen molar-refractivity contribution in [2.24, 2.45) is 7.05 Å². The monoisotopic (exact) mass is 366 g/mol. The second kappa shape index (κ2) is 8.17. The molecule has 0 atom stereocenters. The quantitative estimate of drug-likeness (QED) is 0.680. The third kappa shape index (κ3) is 4.14. The normalized spacial score (nSPS) is 10.4. The van der Waals surface area contributed by atoms with Crippen LogP contribution >= 0.6 is 0 Å². The zero-order valence-corrected chi connectivity index (χ0v) is 14.9. The predicted octanol–water partition coefficient (Wildman–Crippen LogP) is 0.613. The fraction of sp³-hybridized carbons (Fsp3) is 0.222. The van der Waals surface area contributed by atoms with Gasteiger partial charge in [-0.1, -0.05) is 0 Å². The highest BCUT2D eigenvalue weighted by molar-refractivity contribution is 5.96. The molecule has 3 rings (SSSR count). The fourth-order valence-electron chi connectivity index (χ4n) is 2.49. The molecule has 0 aromatic carbocycles. The standard InChI is InChI=1S/C18H18N6O3/c1-24-15(23-14(10-16(24)25)13-5-8-19-11-22-13)6-9-20-17(26)12-4-3-7-21-18(12)27-2/h3-5,7-8,10-11H,6,9H2,1-2H3,(H,20,26). The van der Waals surface area contributed by atoms with Gasteiger partial charge in [-0.3, -0.25) is 14.2 Å². The van der Waals surface area contributed by atoms with Crippen LogP contribution in [0.1, 0.15) is 16.2 Å². The molecule has 0 unspecified atom stereocenters. The molecule has 0 radical (unpaired) electrons. The van der Waals surface area contributed by atoms with Crippen LogP contribution in [0.25, 0.3) is 11.4 Å². The first-order chi connectivity index (χ1) is 13.1. The number of rotatable bonds is 6. The minimum Gasteiger partial charge on any atom is -0.480 e. The summed E-state index contributed by atoms with van der Waals surface area (Å²) in [5.41, 5.74) is 1.18. The number of ether oxygens (including phenoxy) is 1. The highest BCUT2D eigenvalue weighted by Gasteiger charge is 2.13. The van der Waals surface area contributed by atoms with E-state index in [1.54, 1.807) is 37.6 Å². The minimum absolute atomic E-state index is 0.200. The molecular weight excluding hydrogens is 348 g/mol. The Balaban J connectivity index is 1.73. The first-order valence-electron chi connectivity index (χ1n) is 8.20. The van der Waals surface area contributed by atoms with Gasteiger partial charge in [0.2, 0.25) is 5.88 Å². The highest BCUT2D eigenvalue weighted by Crippen LogP contribution is 2.13. The molecule has 0 aliphatic carbocycles. The summed E-state index contributed by atoms with van der Waals surface area (Å²) in [6.45, 7) is 0.296. The van der Waals surface area contributed by atoms with Crippen LogP contribution in [-0.4, -0.2) is 44.1 Å². The molecule has 3 aromatic heterocycles. The van der Waals surface area contributed by atoms with Gasteiger partial charge in [-0.15, -0.1) is 0 Å². The Hall–Kier alpha value is -3.62. The van der Waals surface area contributed by atoms with Crippen molar-refractivity contribution in [2.45, 2.75) is 6.42 Å². The first-order valence-corrected chi connectivity index (χ1v) is 8.20. The van der Waals surface area contributed by atoms with Crippen LogP contribution < -0.4 is 15.6 Å². The van der Waals surface area contributed by atoms with Gasteiger partial charge in [0, 0.05) is 38.5 Å². The number of hydrogen-bond donors (Lipinski definition) is 1. The van der Waals surface area contributed by atoms with E-state index in [-0.39, 0.29) is 17.3 Å². The third-order valence-electron chi connectivity index (χ3n) is 3.92. The van der Waals surface area contributed by atoms with Crippen molar-refractivity contribution in [3.63, 3.8) is 0 Å². The Morgan fingerprint density at radius 3 is 2.81 bits per heavy atom. The largest absolute Gasteiger partial charge is 0.480 e. The van der Waals surface area contributed by atoms with E-state index in [4.69, 9.17) is 4.74 Å². The van der Waals surface area contributed by atoms with Gasteiger partial charge in [0.15, 0.2) is 0 Å². The van der Waals surface area contributed by atoms with Crippen molar-refractivity contribution in [3.05, 3.63) is 64.7 Å². The van der Waals surface area contributed by atoms with Gasteiger partial charge in [0.1, 0.15) is 17.7 Å². The molecular formula is C18H18N6O3. The van der Waals surface area contributed by atoms with Crippen molar-refractivity contribution >= 4 is 5.91 Å². The Morgan fingerprint density at radius 2 is 2.07 bits per heavy atom. The average Bonchev–Trinajstić information content (AvgIpc) is 2.71. The summed E-state index contributed by atoms with van der Waals surface area (Å²) in [4.78, 5) is 41.0. The molecule has 27 heavy (non-hydrogen) atoms. The molecule has 9 heteroatoms. The van der Waals surface area contributed by atoms with Gasteiger partial charge in [0.05, 0.1) is 18.5 Å². The van der Waals surface area contributed by atoms with Crippen LogP contribution in [0.2, 0.25) is 0 Å². The number of nitrogens with zero attached hydrogens (tertiary/aromatic N) is 5. The fourth-order valence-corrected chi connectivity index (χ4v) is 2.49. The maximum Gasteiger partial charge on any atom is 0.256 e. The second-order valence-electron chi connectivity index (χ2n) is 5.62. The maximum absolute atomic E-state index is 12.3. The number of methoxy groups -OCH3 is 1. The lowest BCUT2D eigenvalue weighted by atomic mass is 10.2. The first kappa shape index (κ1) is 18.2. The number of hydrogen-bond acceptors (Lipinski definition) is 7. The van der Waals surface area contributed by atoms with E-state index in [1.807, 2.05) is 0 Å². The molecule has 0 aliphatic rings. The van der Waals surface area contributed by atoms with Gasteiger partial charge in [-0.05, 0) is 18.2 Å². The van der Waals surface area contributed by atoms with Crippen LogP contribution in [0.3, 0.4) is 0 Å². The Morgan fingerprint density at radius 1 is 1.22 bits per heavy atom. The zero-order chi connectivity index (χ0) is 19.2. The summed E-state index contributed by atoms with van der Waals surface area (Å²) in [5, 5.41) is 2.79. The van der Waals surface area contributed by atoms with Gasteiger partial charge in [-0.25, -0.2) is 19.9 Å². The molecule has 0 saturated carbocycles. The summed E-state index contributed by atoms with van der Waals surface area (Å²) in [7, 11) is 3.10. The molecule has 3 aromatic rings. The molecule has 0 fully saturated rings. The molecule has 1 N–H and O–H groups in total. The van der Waals surface area contributed by atoms with Gasteiger partial charge in [-0.2, -0.15) is 0 Å². The molecule has 0 aliphatic heterocycles. The zero-order valence-electron chi connectivity index (χ0n) is 14.9. The smallest absolute Gasteiger partial charge is 0.256 e. The van der Waals surface area contributed by atoms with E-state index in [9.17, 15) is 9.59 Å². The maximum atomic E-state index is 12.3. The Bertz CT molecular complexity index is 1000. The van der Waals surface area contributed by atoms with Crippen LogP contribution in [0.15, 0.2) is 47.8 Å². The van der Waals surface area contributed by atoms with Crippen LogP contribution in [0.5, 0.6) is 5.88 Å². The highest BCUT2D eigenvalue weighted by atomic mass is 16.5. The van der Waals surface area contributed by atoms with Crippen molar-refractivity contribution in [3.8, 4) is 17.3 Å². The van der Waals surface area contributed by atoms with Crippen molar-refractivity contribution < 1.29 is 9.53 Å². The minimum atomic E-state index is -0.308. The average molecular weight is 366 g/mol. The van der Waals surface area contributed by atoms with Gasteiger partial charge < -0.3 is 10.1 Å². The van der Waals surface area contributed by atoms with E-state index < -0.39 is 0 Å². The van der Waals surface area contributed by atoms with Crippen LogP contribution in [-0.2, 0) is 13.5 Å². The number of carbonyl (C=O) groups excluding carboxylic acids is 1. The summed E-state index contributed by atoms with van der Waals surface area (Å²) in [6.07, 6.45) is 4.91. The predicted molar refractivity (Wildman–Crippen MR) is 97.3 cm³/mol. The van der Waals surface area contributed by atoms with Crippen molar-refractivity contribution in [2.75, 3.05) is 13.7 Å². The SMILES string of the molecule is COc1ncccc1C(=O)NCCc1nc(-c2ccncn2)cc(=O)n1C. The lowest BCUT2D eigenvalue weighted by Gasteiger charge is -2.11. The van der Waals surface area contributed by atoms with E-state index >= 15 is 0 Å². The molecule has 0 saturated heterocycles. The van der Waals surface area contributed by atoms with Crippen LogP contribution in [0, 0.1) is 0 Å². The molecule has 1 amide bonds. The summed E-state index contributed by atoms with van der Waals surface area (Å²) >= 11 is 0. The number of amides is 1. The second-order valence-corrected chi connectivity index (χ2v) is 5.62. The molecule has 0 bridgehead atoms. The Labute approximate surface area is 155 Å². The lowest BCUT2D eigenvalue weighted by molar-refractivity contribution is 0.0950. The number of pyridine rings is 1. The van der Waals surface area contributed by atoms with Crippen molar-refractivity contribution in [1.82, 2.24) is 29.8 Å². The Kier molecular flexibility index (Phi) is 5.50. The number of carbonyl (C=O) groups is 1. The van der Waals surface area contributed by atoms with E-state index in [1.165, 1.54) is 24.1 Å². The topological polar surface area (TPSA) is 112 Å². The van der Waals surface area contributed by atoms with Crippen LogP contribution in [0.4, 0.5) is 0 Å². The van der Waals surface area contributed by atoms with E-state index in [0.29, 0.717) is 35.7 Å². The van der Waals surface area contributed by atoms with E-state index in [0.717, 1.165) is 0 Å². The molecule has 138 valence electrons. The molecule has 3 heterocycles. The molecule has 0 spiro atoms. The lowest BCUT2D eigenvalue weighted by Crippen LogP contribution is -2.29. The summed E-state index contributed by atoms with van der Waals surface area (Å²) < 4.78 is 6.53. The van der Waals surface area contributed by atoms with Gasteiger partial charge in [0.25, 0.3) is 11.5 Å². The summed E-state index contributed by atoms with van der Waals surface area (Å²) in [5.74, 6) is 0.484. The van der Waals surface area contributed by atoms with Crippen molar-refractivity contribution in [1.29, 1.82) is 0 Å². The van der Waals surface area contributed by atoms with Gasteiger partial charge >= 0.3 is 0 Å². The third-order valence-corrected chi connectivity index (χ3v) is 3.92. The molecule has 9 nitrogen and oxygen atoms in total. The number of aromatic nitrogens is 5.